The van der Waals surface area contributed by atoms with Gasteiger partial charge in [0.25, 0.3) is 0 Å². The molecule has 0 bridgehead atoms. The number of amides is 1. The summed E-state index contributed by atoms with van der Waals surface area (Å²) in [5, 5.41) is 11.3. The first kappa shape index (κ1) is 14.8. The largest absolute Gasteiger partial charge is 0.355 e. The third-order valence-electron chi connectivity index (χ3n) is 3.40. The van der Waals surface area contributed by atoms with Crippen LogP contribution in [0.5, 0.6) is 0 Å². The van der Waals surface area contributed by atoms with E-state index in [4.69, 9.17) is 5.26 Å². The fourth-order valence-corrected chi connectivity index (χ4v) is 2.39. The lowest BCUT2D eigenvalue weighted by Crippen LogP contribution is -2.25. The number of nitrogens with zero attached hydrogens (tertiary/aromatic N) is 1. The lowest BCUT2D eigenvalue weighted by Gasteiger charge is -2.18. The summed E-state index contributed by atoms with van der Waals surface area (Å²) in [6.07, 6.45) is 0.729. The highest BCUT2D eigenvalue weighted by Gasteiger charge is 2.13. The van der Waals surface area contributed by atoms with Gasteiger partial charge in [0.05, 0.1) is 6.07 Å². The minimum Gasteiger partial charge on any atom is -0.355 e. The van der Waals surface area contributed by atoms with Crippen molar-refractivity contribution in [3.63, 3.8) is 0 Å². The smallest absolute Gasteiger partial charge is 0.234 e. The van der Waals surface area contributed by atoms with Gasteiger partial charge in [-0.05, 0) is 17.5 Å². The number of nitriles is 1. The van der Waals surface area contributed by atoms with Crippen LogP contribution < -0.4 is 5.32 Å². The average Bonchev–Trinajstić information content (AvgIpc) is 2.53. The van der Waals surface area contributed by atoms with Crippen molar-refractivity contribution in [2.75, 3.05) is 6.54 Å². The molecular formula is C18H18N2O. The number of hydrogen-bond donors (Lipinski definition) is 1. The van der Waals surface area contributed by atoms with Gasteiger partial charge in [-0.2, -0.15) is 5.26 Å². The summed E-state index contributed by atoms with van der Waals surface area (Å²) >= 11 is 0. The van der Waals surface area contributed by atoms with E-state index in [1.54, 1.807) is 0 Å². The summed E-state index contributed by atoms with van der Waals surface area (Å²) in [7, 11) is 0. The lowest BCUT2D eigenvalue weighted by atomic mass is 9.88. The molecule has 0 heterocycles. The van der Waals surface area contributed by atoms with Crippen LogP contribution in [0.1, 0.15) is 29.9 Å². The van der Waals surface area contributed by atoms with Gasteiger partial charge in [0.2, 0.25) is 5.91 Å². The molecule has 21 heavy (non-hydrogen) atoms. The van der Waals surface area contributed by atoms with Gasteiger partial charge >= 0.3 is 0 Å². The molecule has 0 radical (unpaired) electrons. The fourth-order valence-electron chi connectivity index (χ4n) is 2.39. The summed E-state index contributed by atoms with van der Waals surface area (Å²) in [6, 6.07) is 22.4. The van der Waals surface area contributed by atoms with Crippen LogP contribution in [0.3, 0.4) is 0 Å². The van der Waals surface area contributed by atoms with E-state index >= 15 is 0 Å². The third kappa shape index (κ3) is 4.47. The van der Waals surface area contributed by atoms with E-state index in [2.05, 4.69) is 29.6 Å². The summed E-state index contributed by atoms with van der Waals surface area (Å²) in [5.41, 5.74) is 2.47. The molecule has 0 aromatic heterocycles. The first-order valence-corrected chi connectivity index (χ1v) is 7.05. The quantitative estimate of drug-likeness (QED) is 0.882. The Morgan fingerprint density at radius 3 is 2.00 bits per heavy atom. The highest BCUT2D eigenvalue weighted by Crippen LogP contribution is 2.27. The van der Waals surface area contributed by atoms with Crippen molar-refractivity contribution < 1.29 is 4.79 Å². The van der Waals surface area contributed by atoms with Crippen molar-refractivity contribution in [2.24, 2.45) is 0 Å². The van der Waals surface area contributed by atoms with Gasteiger partial charge in [-0.1, -0.05) is 60.7 Å². The molecule has 2 aromatic carbocycles. The van der Waals surface area contributed by atoms with Gasteiger partial charge in [0.1, 0.15) is 6.42 Å². The molecule has 0 atom stereocenters. The molecule has 0 aliphatic rings. The minimum absolute atomic E-state index is 0.0820. The van der Waals surface area contributed by atoms with E-state index in [0.29, 0.717) is 6.54 Å². The van der Waals surface area contributed by atoms with Crippen LogP contribution in [0.15, 0.2) is 60.7 Å². The maximum Gasteiger partial charge on any atom is 0.234 e. The summed E-state index contributed by atoms with van der Waals surface area (Å²) in [5.74, 6) is 0.0344. The Kier molecular flexibility index (Phi) is 5.54. The van der Waals surface area contributed by atoms with Gasteiger partial charge < -0.3 is 5.32 Å². The Morgan fingerprint density at radius 1 is 1.00 bits per heavy atom. The van der Waals surface area contributed by atoms with Crippen LogP contribution in [0, 0.1) is 11.3 Å². The van der Waals surface area contributed by atoms with Gasteiger partial charge in [-0.3, -0.25) is 4.79 Å². The van der Waals surface area contributed by atoms with Crippen molar-refractivity contribution in [1.82, 2.24) is 5.32 Å². The van der Waals surface area contributed by atoms with E-state index in [9.17, 15) is 4.79 Å². The van der Waals surface area contributed by atoms with E-state index in [1.807, 2.05) is 42.5 Å². The highest BCUT2D eigenvalue weighted by molar-refractivity contribution is 5.77. The van der Waals surface area contributed by atoms with Crippen molar-refractivity contribution in [3.05, 3.63) is 71.8 Å². The predicted molar refractivity (Wildman–Crippen MR) is 82.6 cm³/mol. The second-order valence-corrected chi connectivity index (χ2v) is 4.85. The fraction of sp³-hybridized carbons (Fsp3) is 0.222. The average molecular weight is 278 g/mol. The zero-order valence-electron chi connectivity index (χ0n) is 11.8. The number of benzene rings is 2. The molecular weight excluding hydrogens is 260 g/mol. The van der Waals surface area contributed by atoms with E-state index in [1.165, 1.54) is 11.1 Å². The zero-order chi connectivity index (χ0) is 14.9. The van der Waals surface area contributed by atoms with Gasteiger partial charge in [-0.15, -0.1) is 0 Å². The van der Waals surface area contributed by atoms with Crippen LogP contribution >= 0.6 is 0 Å². The van der Waals surface area contributed by atoms with Crippen LogP contribution in [0.25, 0.3) is 0 Å². The molecule has 2 rings (SSSR count). The number of nitrogens with one attached hydrogen (secondary N) is 1. The maximum atomic E-state index is 11.4. The van der Waals surface area contributed by atoms with Crippen LogP contribution in [0.2, 0.25) is 0 Å². The second kappa shape index (κ2) is 7.86. The normalized spacial score (nSPS) is 10.1. The number of carbonyl (C=O) groups is 1. The predicted octanol–water partition coefficient (Wildman–Crippen LogP) is 3.24. The molecule has 2 aromatic rings. The summed E-state index contributed by atoms with van der Waals surface area (Å²) in [4.78, 5) is 11.4. The number of rotatable bonds is 6. The molecule has 0 fully saturated rings. The number of hydrogen-bond acceptors (Lipinski definition) is 2. The molecule has 0 aliphatic heterocycles. The Hall–Kier alpha value is -2.60. The molecule has 3 nitrogen and oxygen atoms in total. The molecule has 0 saturated heterocycles. The molecule has 3 heteroatoms. The Labute approximate surface area is 125 Å². The minimum atomic E-state index is -0.211. The molecule has 106 valence electrons. The molecule has 0 aliphatic carbocycles. The second-order valence-electron chi connectivity index (χ2n) is 4.85. The Morgan fingerprint density at radius 2 is 1.52 bits per heavy atom. The highest BCUT2D eigenvalue weighted by atomic mass is 16.1. The molecule has 0 saturated carbocycles. The molecule has 1 N–H and O–H groups in total. The van der Waals surface area contributed by atoms with Crippen molar-refractivity contribution in [2.45, 2.75) is 18.8 Å². The maximum absolute atomic E-state index is 11.4. The SMILES string of the molecule is N#CCC(=O)NCCC(c1ccccc1)c1ccccc1. The van der Waals surface area contributed by atoms with Gasteiger partial charge in [0, 0.05) is 12.5 Å². The van der Waals surface area contributed by atoms with E-state index in [-0.39, 0.29) is 18.2 Å². The first-order chi connectivity index (χ1) is 10.3. The summed E-state index contributed by atoms with van der Waals surface area (Å²) in [6.45, 7) is 0.564. The van der Waals surface area contributed by atoms with E-state index in [0.717, 1.165) is 6.42 Å². The summed E-state index contributed by atoms with van der Waals surface area (Å²) < 4.78 is 0. The van der Waals surface area contributed by atoms with Gasteiger partial charge in [0.15, 0.2) is 0 Å². The van der Waals surface area contributed by atoms with Crippen LogP contribution in [-0.4, -0.2) is 12.5 Å². The van der Waals surface area contributed by atoms with E-state index < -0.39 is 0 Å². The molecule has 0 unspecified atom stereocenters. The topological polar surface area (TPSA) is 52.9 Å². The van der Waals surface area contributed by atoms with Crippen molar-refractivity contribution in [1.29, 1.82) is 5.26 Å². The standard InChI is InChI=1S/C18H18N2O/c19-13-11-18(21)20-14-12-17(15-7-3-1-4-8-15)16-9-5-2-6-10-16/h1-10,17H,11-12,14H2,(H,20,21). The lowest BCUT2D eigenvalue weighted by molar-refractivity contribution is -0.120. The molecule has 0 spiro atoms. The van der Waals surface area contributed by atoms with Gasteiger partial charge in [-0.25, -0.2) is 0 Å². The third-order valence-corrected chi connectivity index (χ3v) is 3.40. The van der Waals surface area contributed by atoms with Crippen LogP contribution in [-0.2, 0) is 4.79 Å². The Bertz CT molecular complexity index is 563. The van der Waals surface area contributed by atoms with Crippen LogP contribution in [0.4, 0.5) is 0 Å². The number of carbonyl (C=O) groups excluding carboxylic acids is 1. The first-order valence-electron chi connectivity index (χ1n) is 7.05. The monoisotopic (exact) mass is 278 g/mol. The van der Waals surface area contributed by atoms with Crippen molar-refractivity contribution in [3.8, 4) is 6.07 Å². The zero-order valence-corrected chi connectivity index (χ0v) is 11.8. The molecule has 1 amide bonds. The van der Waals surface area contributed by atoms with Crippen molar-refractivity contribution >= 4 is 5.91 Å². The Balaban J connectivity index is 2.07.